The van der Waals surface area contributed by atoms with Crippen molar-refractivity contribution < 1.29 is 0 Å². The second-order valence-electron chi connectivity index (χ2n) is 1.98. The van der Waals surface area contributed by atoms with Crippen LogP contribution in [0.2, 0.25) is 0 Å². The molecule has 1 N–H and O–H groups in total. The van der Waals surface area contributed by atoms with Crippen LogP contribution in [0.3, 0.4) is 0 Å². The molecule has 1 saturated heterocycles. The largest absolute Gasteiger partial charge is 0.317 e. The lowest BCUT2D eigenvalue weighted by Gasteiger charge is -2.16. The zero-order valence-corrected chi connectivity index (χ0v) is 7.25. The van der Waals surface area contributed by atoms with E-state index in [0.717, 1.165) is 13.1 Å². The van der Waals surface area contributed by atoms with Crippen molar-refractivity contribution in [1.82, 2.24) is 5.32 Å². The maximum Gasteiger partial charge on any atom is 0.00409 e. The maximum absolute atomic E-state index is 4.32. The van der Waals surface area contributed by atoms with E-state index in [1.165, 1.54) is 12.8 Å². The molecule has 0 aliphatic carbocycles. The summed E-state index contributed by atoms with van der Waals surface area (Å²) in [7, 11) is 0. The molecule has 0 amide bonds. The molecule has 1 fully saturated rings. The molecule has 0 aromatic rings. The molecule has 1 rings (SSSR count). The Morgan fingerprint density at radius 1 is 1.22 bits per heavy atom. The van der Waals surface area contributed by atoms with Crippen molar-refractivity contribution in [3.63, 3.8) is 0 Å². The summed E-state index contributed by atoms with van der Waals surface area (Å²) in [6, 6.07) is 0. The first kappa shape index (κ1) is 9.31. The topological polar surface area (TPSA) is 12.0 Å². The van der Waals surface area contributed by atoms with Crippen molar-refractivity contribution in [1.29, 1.82) is 0 Å². The number of hydrogen-bond acceptors (Lipinski definition) is 2. The van der Waals surface area contributed by atoms with Gasteiger partial charge >= 0.3 is 0 Å². The van der Waals surface area contributed by atoms with Crippen LogP contribution in [-0.4, -0.2) is 18.3 Å². The van der Waals surface area contributed by atoms with E-state index in [1.54, 1.807) is 0 Å². The lowest BCUT2D eigenvalue weighted by atomic mass is 10.2. The fraction of sp³-hybridized carbons (Fsp3) is 1.00. The van der Waals surface area contributed by atoms with E-state index in [0.29, 0.717) is 5.25 Å². The number of thiol groups is 1. The molecule has 1 aliphatic rings. The summed E-state index contributed by atoms with van der Waals surface area (Å²) >= 11 is 4.32. The molecule has 0 aromatic carbocycles. The van der Waals surface area contributed by atoms with Crippen molar-refractivity contribution in [2.24, 2.45) is 0 Å². The number of nitrogens with one attached hydrogen (secondary N) is 1. The Kier molecular flexibility index (Phi) is 6.65. The third kappa shape index (κ3) is 4.79. The SMILES string of the molecule is CC.SC1CCNCC1. The monoisotopic (exact) mass is 147 g/mol. The van der Waals surface area contributed by atoms with Crippen LogP contribution < -0.4 is 5.32 Å². The number of piperidine rings is 1. The van der Waals surface area contributed by atoms with Gasteiger partial charge in [0.15, 0.2) is 0 Å². The Morgan fingerprint density at radius 2 is 1.67 bits per heavy atom. The number of hydrogen-bond donors (Lipinski definition) is 2. The summed E-state index contributed by atoms with van der Waals surface area (Å²) in [6.07, 6.45) is 2.48. The van der Waals surface area contributed by atoms with Gasteiger partial charge in [-0.3, -0.25) is 0 Å². The molecule has 56 valence electrons. The highest BCUT2D eigenvalue weighted by molar-refractivity contribution is 7.80. The van der Waals surface area contributed by atoms with E-state index >= 15 is 0 Å². The Bertz CT molecular complexity index is 50.9. The molecular weight excluding hydrogens is 130 g/mol. The van der Waals surface area contributed by atoms with Crippen LogP contribution in [0.1, 0.15) is 26.7 Å². The van der Waals surface area contributed by atoms with Crippen molar-refractivity contribution in [2.75, 3.05) is 13.1 Å². The zero-order valence-electron chi connectivity index (χ0n) is 6.35. The van der Waals surface area contributed by atoms with E-state index in [-0.39, 0.29) is 0 Å². The van der Waals surface area contributed by atoms with Crippen LogP contribution in [0.4, 0.5) is 0 Å². The Hall–Kier alpha value is 0.310. The summed E-state index contributed by atoms with van der Waals surface area (Å²) in [6.45, 7) is 6.32. The lowest BCUT2D eigenvalue weighted by molar-refractivity contribution is 0.533. The van der Waals surface area contributed by atoms with Gasteiger partial charge in [-0.1, -0.05) is 13.8 Å². The molecule has 0 aromatic heterocycles. The van der Waals surface area contributed by atoms with Crippen LogP contribution in [0.25, 0.3) is 0 Å². The maximum atomic E-state index is 4.32. The molecule has 0 saturated carbocycles. The van der Waals surface area contributed by atoms with E-state index in [1.807, 2.05) is 13.8 Å². The average Bonchev–Trinajstić information content (AvgIpc) is 1.94. The predicted octanol–water partition coefficient (Wildman–Crippen LogP) is 1.69. The van der Waals surface area contributed by atoms with Crippen LogP contribution in [0.5, 0.6) is 0 Å². The van der Waals surface area contributed by atoms with Gasteiger partial charge in [0.1, 0.15) is 0 Å². The third-order valence-electron chi connectivity index (χ3n) is 1.31. The molecule has 0 radical (unpaired) electrons. The van der Waals surface area contributed by atoms with Crippen molar-refractivity contribution in [3.8, 4) is 0 Å². The molecular formula is C7H17NS. The predicted molar refractivity (Wildman–Crippen MR) is 46.2 cm³/mol. The Morgan fingerprint density at radius 3 is 1.89 bits per heavy atom. The van der Waals surface area contributed by atoms with E-state index in [2.05, 4.69) is 17.9 Å². The van der Waals surface area contributed by atoms with E-state index in [9.17, 15) is 0 Å². The minimum Gasteiger partial charge on any atom is -0.317 e. The first-order valence-corrected chi connectivity index (χ1v) is 4.30. The molecule has 0 spiro atoms. The van der Waals surface area contributed by atoms with E-state index in [4.69, 9.17) is 0 Å². The summed E-state index contributed by atoms with van der Waals surface area (Å²) in [5.74, 6) is 0. The van der Waals surface area contributed by atoms with Gasteiger partial charge in [-0.2, -0.15) is 12.6 Å². The summed E-state index contributed by atoms with van der Waals surface area (Å²) < 4.78 is 0. The van der Waals surface area contributed by atoms with Gasteiger partial charge in [-0.25, -0.2) is 0 Å². The standard InChI is InChI=1S/C5H11NS.C2H6/c7-5-1-3-6-4-2-5;1-2/h5-7H,1-4H2;1-2H3. The molecule has 2 heteroatoms. The quantitative estimate of drug-likeness (QED) is 0.497. The molecule has 0 unspecified atom stereocenters. The van der Waals surface area contributed by atoms with Crippen LogP contribution in [-0.2, 0) is 0 Å². The molecule has 1 aliphatic heterocycles. The van der Waals surface area contributed by atoms with E-state index < -0.39 is 0 Å². The average molecular weight is 147 g/mol. The van der Waals surface area contributed by atoms with Gasteiger partial charge in [-0.15, -0.1) is 0 Å². The highest BCUT2D eigenvalue weighted by Crippen LogP contribution is 2.07. The third-order valence-corrected chi connectivity index (χ3v) is 1.83. The minimum atomic E-state index is 0.668. The smallest absolute Gasteiger partial charge is 0.00409 e. The Balaban J connectivity index is 0.000000291. The lowest BCUT2D eigenvalue weighted by Crippen LogP contribution is -2.27. The van der Waals surface area contributed by atoms with Crippen LogP contribution in [0.15, 0.2) is 0 Å². The second kappa shape index (κ2) is 6.43. The van der Waals surface area contributed by atoms with Crippen molar-refractivity contribution in [2.45, 2.75) is 31.9 Å². The van der Waals surface area contributed by atoms with Crippen LogP contribution in [0, 0.1) is 0 Å². The van der Waals surface area contributed by atoms with Gasteiger partial charge in [0.2, 0.25) is 0 Å². The summed E-state index contributed by atoms with van der Waals surface area (Å²) in [5.41, 5.74) is 0. The van der Waals surface area contributed by atoms with Gasteiger partial charge in [0.25, 0.3) is 0 Å². The van der Waals surface area contributed by atoms with Crippen LogP contribution >= 0.6 is 12.6 Å². The first-order chi connectivity index (χ1) is 4.39. The molecule has 1 nitrogen and oxygen atoms in total. The van der Waals surface area contributed by atoms with Gasteiger partial charge in [0, 0.05) is 5.25 Å². The van der Waals surface area contributed by atoms with Gasteiger partial charge in [0.05, 0.1) is 0 Å². The number of rotatable bonds is 0. The first-order valence-electron chi connectivity index (χ1n) is 3.78. The molecule has 1 heterocycles. The van der Waals surface area contributed by atoms with Gasteiger partial charge < -0.3 is 5.32 Å². The Labute approximate surface area is 63.6 Å². The zero-order chi connectivity index (χ0) is 7.11. The molecule has 9 heavy (non-hydrogen) atoms. The fourth-order valence-corrected chi connectivity index (χ4v) is 1.06. The fourth-order valence-electron chi connectivity index (χ4n) is 0.807. The summed E-state index contributed by atoms with van der Waals surface area (Å²) in [5, 5.41) is 3.93. The van der Waals surface area contributed by atoms with Gasteiger partial charge in [-0.05, 0) is 25.9 Å². The minimum absolute atomic E-state index is 0.668. The van der Waals surface area contributed by atoms with Crippen molar-refractivity contribution >= 4 is 12.6 Å². The highest BCUT2D eigenvalue weighted by Gasteiger charge is 2.05. The van der Waals surface area contributed by atoms with Crippen molar-refractivity contribution in [3.05, 3.63) is 0 Å². The second-order valence-corrected chi connectivity index (χ2v) is 2.71. The highest BCUT2D eigenvalue weighted by atomic mass is 32.1. The normalized spacial score (nSPS) is 20.3. The summed E-state index contributed by atoms with van der Waals surface area (Å²) in [4.78, 5) is 0. The molecule has 0 atom stereocenters. The molecule has 0 bridgehead atoms.